The maximum Gasteiger partial charge on any atom is 0.573 e. The van der Waals surface area contributed by atoms with Crippen LogP contribution in [0.5, 0.6) is 5.75 Å². The molecule has 0 spiro atoms. The molecular weight excluding hydrogens is 305 g/mol. The van der Waals surface area contributed by atoms with Crippen LogP contribution in [0.2, 0.25) is 0 Å². The average molecular weight is 313 g/mol. The Kier molecular flexibility index (Phi) is 4.39. The van der Waals surface area contributed by atoms with Gasteiger partial charge in [0.2, 0.25) is 0 Å². The van der Waals surface area contributed by atoms with E-state index in [1.807, 2.05) is 0 Å². The quantitative estimate of drug-likeness (QED) is 0.801. The van der Waals surface area contributed by atoms with E-state index < -0.39 is 18.1 Å². The Labute approximate surface area is 104 Å². The second-order valence-electron chi connectivity index (χ2n) is 2.91. The van der Waals surface area contributed by atoms with Crippen molar-refractivity contribution in [1.82, 2.24) is 0 Å². The predicted molar refractivity (Wildman–Crippen MR) is 56.8 cm³/mol. The summed E-state index contributed by atoms with van der Waals surface area (Å²) in [6, 6.07) is 3.59. The summed E-state index contributed by atoms with van der Waals surface area (Å²) in [6.07, 6.45) is -4.81. The number of ether oxygens (including phenoxy) is 2. The SMILES string of the molecule is CCOC(=O)c1ccc(Br)c(OC(F)(F)F)c1. The summed E-state index contributed by atoms with van der Waals surface area (Å²) in [5.74, 6) is -1.19. The van der Waals surface area contributed by atoms with E-state index in [9.17, 15) is 18.0 Å². The van der Waals surface area contributed by atoms with Crippen LogP contribution in [0, 0.1) is 0 Å². The van der Waals surface area contributed by atoms with E-state index in [4.69, 9.17) is 0 Å². The van der Waals surface area contributed by atoms with Crippen LogP contribution >= 0.6 is 15.9 Å². The van der Waals surface area contributed by atoms with Crippen LogP contribution in [-0.4, -0.2) is 18.9 Å². The molecule has 1 aromatic rings. The number of carbonyl (C=O) groups excluding carboxylic acids is 1. The number of carbonyl (C=O) groups is 1. The van der Waals surface area contributed by atoms with Gasteiger partial charge >= 0.3 is 12.3 Å². The van der Waals surface area contributed by atoms with Crippen LogP contribution in [-0.2, 0) is 4.74 Å². The Balaban J connectivity index is 2.98. The molecule has 0 radical (unpaired) electrons. The predicted octanol–water partition coefficient (Wildman–Crippen LogP) is 3.52. The van der Waals surface area contributed by atoms with Crippen molar-refractivity contribution in [2.24, 2.45) is 0 Å². The number of esters is 1. The molecule has 1 rings (SSSR count). The molecule has 0 bridgehead atoms. The Morgan fingerprint density at radius 2 is 2.06 bits per heavy atom. The second kappa shape index (κ2) is 5.39. The van der Waals surface area contributed by atoms with E-state index in [0.29, 0.717) is 0 Å². The fourth-order valence-electron chi connectivity index (χ4n) is 1.05. The molecule has 1 aromatic carbocycles. The molecular formula is C10H8BrF3O3. The number of halogens is 4. The first kappa shape index (κ1) is 13.8. The van der Waals surface area contributed by atoms with Crippen molar-refractivity contribution in [3.8, 4) is 5.75 Å². The van der Waals surface area contributed by atoms with Crippen molar-refractivity contribution in [2.75, 3.05) is 6.61 Å². The van der Waals surface area contributed by atoms with Crippen molar-refractivity contribution >= 4 is 21.9 Å². The minimum Gasteiger partial charge on any atom is -0.462 e. The Morgan fingerprint density at radius 3 is 2.59 bits per heavy atom. The lowest BCUT2D eigenvalue weighted by Gasteiger charge is -2.11. The minimum absolute atomic E-state index is 0.00528. The first-order valence-corrected chi connectivity index (χ1v) is 5.35. The summed E-state index contributed by atoms with van der Waals surface area (Å²) < 4.78 is 44.6. The zero-order valence-corrected chi connectivity index (χ0v) is 10.3. The van der Waals surface area contributed by atoms with E-state index in [1.54, 1.807) is 6.92 Å². The maximum atomic E-state index is 12.0. The molecule has 0 saturated carbocycles. The molecule has 0 aromatic heterocycles. The molecule has 0 amide bonds. The van der Waals surface area contributed by atoms with Crippen LogP contribution in [0.25, 0.3) is 0 Å². The summed E-state index contributed by atoms with van der Waals surface area (Å²) in [6.45, 7) is 1.74. The van der Waals surface area contributed by atoms with Gasteiger partial charge in [-0.1, -0.05) is 0 Å². The highest BCUT2D eigenvalue weighted by Gasteiger charge is 2.32. The monoisotopic (exact) mass is 312 g/mol. The highest BCUT2D eigenvalue weighted by Crippen LogP contribution is 2.31. The number of hydrogen-bond donors (Lipinski definition) is 0. The van der Waals surface area contributed by atoms with Gasteiger partial charge in [-0.2, -0.15) is 0 Å². The van der Waals surface area contributed by atoms with Gasteiger partial charge in [-0.05, 0) is 41.1 Å². The molecule has 0 unspecified atom stereocenters. The average Bonchev–Trinajstić information content (AvgIpc) is 2.19. The molecule has 0 saturated heterocycles. The van der Waals surface area contributed by atoms with E-state index in [0.717, 1.165) is 6.07 Å². The fraction of sp³-hybridized carbons (Fsp3) is 0.300. The van der Waals surface area contributed by atoms with Crippen LogP contribution in [0.4, 0.5) is 13.2 Å². The molecule has 17 heavy (non-hydrogen) atoms. The lowest BCUT2D eigenvalue weighted by atomic mass is 10.2. The molecule has 0 aliphatic rings. The van der Waals surface area contributed by atoms with Crippen molar-refractivity contribution in [3.63, 3.8) is 0 Å². The first-order valence-electron chi connectivity index (χ1n) is 4.56. The van der Waals surface area contributed by atoms with Crippen molar-refractivity contribution in [2.45, 2.75) is 13.3 Å². The number of hydrogen-bond acceptors (Lipinski definition) is 3. The van der Waals surface area contributed by atoms with Crippen LogP contribution < -0.4 is 4.74 Å². The van der Waals surface area contributed by atoms with Gasteiger partial charge in [-0.15, -0.1) is 13.2 Å². The zero-order valence-electron chi connectivity index (χ0n) is 8.68. The maximum absolute atomic E-state index is 12.0. The topological polar surface area (TPSA) is 35.5 Å². The van der Waals surface area contributed by atoms with Crippen LogP contribution in [0.3, 0.4) is 0 Å². The summed E-state index contributed by atoms with van der Waals surface area (Å²) in [7, 11) is 0. The summed E-state index contributed by atoms with van der Waals surface area (Å²) in [4.78, 5) is 11.3. The van der Waals surface area contributed by atoms with Gasteiger partial charge in [-0.25, -0.2) is 4.79 Å². The molecule has 3 nitrogen and oxygen atoms in total. The van der Waals surface area contributed by atoms with Crippen molar-refractivity contribution in [3.05, 3.63) is 28.2 Å². The first-order chi connectivity index (χ1) is 7.83. The zero-order chi connectivity index (χ0) is 13.1. The molecule has 0 heterocycles. The third-order valence-corrected chi connectivity index (χ3v) is 2.32. The van der Waals surface area contributed by atoms with E-state index >= 15 is 0 Å². The lowest BCUT2D eigenvalue weighted by molar-refractivity contribution is -0.274. The van der Waals surface area contributed by atoms with Crippen LogP contribution in [0.1, 0.15) is 17.3 Å². The van der Waals surface area contributed by atoms with Crippen molar-refractivity contribution < 1.29 is 27.4 Å². The van der Waals surface area contributed by atoms with E-state index in [-0.39, 0.29) is 16.6 Å². The Hall–Kier alpha value is -1.24. The second-order valence-corrected chi connectivity index (χ2v) is 3.77. The third-order valence-electron chi connectivity index (χ3n) is 1.67. The molecule has 0 N–H and O–H groups in total. The van der Waals surface area contributed by atoms with Gasteiger partial charge in [0.05, 0.1) is 16.6 Å². The summed E-state index contributed by atoms with van der Waals surface area (Å²) in [5, 5.41) is 0. The molecule has 0 aliphatic carbocycles. The standard InChI is InChI=1S/C10H8BrF3O3/c1-2-16-9(15)6-3-4-7(11)8(5-6)17-10(12,13)14/h3-5H,2H2,1H3. The van der Waals surface area contributed by atoms with Gasteiger partial charge in [0.25, 0.3) is 0 Å². The van der Waals surface area contributed by atoms with Gasteiger partial charge in [0.15, 0.2) is 0 Å². The summed E-state index contributed by atoms with van der Waals surface area (Å²) in [5.41, 5.74) is -0.00528. The Bertz CT molecular complexity index is 418. The molecule has 94 valence electrons. The highest BCUT2D eigenvalue weighted by atomic mass is 79.9. The lowest BCUT2D eigenvalue weighted by Crippen LogP contribution is -2.18. The van der Waals surface area contributed by atoms with E-state index in [1.165, 1.54) is 12.1 Å². The Morgan fingerprint density at radius 1 is 1.41 bits per heavy atom. The van der Waals surface area contributed by atoms with E-state index in [2.05, 4.69) is 25.4 Å². The normalized spacial score (nSPS) is 11.1. The highest BCUT2D eigenvalue weighted by molar-refractivity contribution is 9.10. The largest absolute Gasteiger partial charge is 0.573 e. The van der Waals surface area contributed by atoms with Gasteiger partial charge < -0.3 is 9.47 Å². The van der Waals surface area contributed by atoms with Gasteiger partial charge in [0.1, 0.15) is 5.75 Å². The number of benzene rings is 1. The fourth-order valence-corrected chi connectivity index (χ4v) is 1.38. The van der Waals surface area contributed by atoms with Crippen molar-refractivity contribution in [1.29, 1.82) is 0 Å². The van der Waals surface area contributed by atoms with Gasteiger partial charge in [-0.3, -0.25) is 0 Å². The summed E-state index contributed by atoms with van der Waals surface area (Å²) >= 11 is 2.89. The smallest absolute Gasteiger partial charge is 0.462 e. The molecule has 0 aliphatic heterocycles. The molecule has 0 atom stereocenters. The molecule has 7 heteroatoms. The van der Waals surface area contributed by atoms with Crippen LogP contribution in [0.15, 0.2) is 22.7 Å². The third kappa shape index (κ3) is 4.26. The number of alkyl halides is 3. The number of rotatable bonds is 3. The minimum atomic E-state index is -4.81. The van der Waals surface area contributed by atoms with Gasteiger partial charge in [0, 0.05) is 0 Å². The molecule has 0 fully saturated rings.